The second-order valence-electron chi connectivity index (χ2n) is 5.94. The summed E-state index contributed by atoms with van der Waals surface area (Å²) >= 11 is 0. The van der Waals surface area contributed by atoms with E-state index in [1.54, 1.807) is 18.2 Å². The van der Waals surface area contributed by atoms with Crippen molar-refractivity contribution in [3.63, 3.8) is 0 Å². The lowest BCUT2D eigenvalue weighted by molar-refractivity contribution is 0.0763. The largest absolute Gasteiger partial charge is 0.486 e. The van der Waals surface area contributed by atoms with Gasteiger partial charge in [-0.05, 0) is 30.7 Å². The number of benzene rings is 2. The van der Waals surface area contributed by atoms with Gasteiger partial charge in [0.05, 0.1) is 6.54 Å². The molecular weight excluding hydrogens is 364 g/mol. The molecule has 0 N–H and O–H groups in total. The Morgan fingerprint density at radius 1 is 1.15 bits per heavy atom. The lowest BCUT2D eigenvalue weighted by Gasteiger charge is -2.30. The Morgan fingerprint density at radius 3 is 2.58 bits per heavy atom. The fourth-order valence-corrected chi connectivity index (χ4v) is 4.37. The Kier molecular flexibility index (Phi) is 5.43. The number of para-hydroxylation sites is 2. The Labute approximate surface area is 151 Å². The minimum atomic E-state index is -4.13. The Hall–Kier alpha value is -2.19. The fraction of sp³-hybridized carbons (Fsp3) is 0.333. The van der Waals surface area contributed by atoms with Crippen molar-refractivity contribution in [2.24, 2.45) is 0 Å². The number of fused-ring (bicyclic) bond motifs is 1. The van der Waals surface area contributed by atoms with Crippen LogP contribution in [-0.2, 0) is 10.0 Å². The third-order valence-electron chi connectivity index (χ3n) is 3.96. The van der Waals surface area contributed by atoms with Crippen LogP contribution in [0.4, 0.5) is 8.78 Å². The van der Waals surface area contributed by atoms with Gasteiger partial charge in [0.1, 0.15) is 29.2 Å². The van der Waals surface area contributed by atoms with Gasteiger partial charge in [-0.1, -0.05) is 19.1 Å². The van der Waals surface area contributed by atoms with Crippen molar-refractivity contribution in [3.05, 3.63) is 54.1 Å². The number of rotatable bonds is 6. The Morgan fingerprint density at radius 2 is 1.88 bits per heavy atom. The van der Waals surface area contributed by atoms with E-state index in [0.29, 0.717) is 24.0 Å². The molecule has 0 aromatic heterocycles. The zero-order valence-electron chi connectivity index (χ0n) is 14.2. The average molecular weight is 383 g/mol. The summed E-state index contributed by atoms with van der Waals surface area (Å²) < 4.78 is 65.4. The number of halogens is 2. The SMILES string of the molecule is CCCN(CC1COc2ccccc2O1)S(=O)(=O)c1ccc(F)cc1F. The van der Waals surface area contributed by atoms with E-state index < -0.39 is 32.7 Å². The Bertz CT molecular complexity index is 889. The predicted octanol–water partition coefficient (Wildman–Crippen LogP) is 3.21. The second-order valence-corrected chi connectivity index (χ2v) is 7.84. The molecule has 2 aromatic carbocycles. The minimum Gasteiger partial charge on any atom is -0.486 e. The predicted molar refractivity (Wildman–Crippen MR) is 91.8 cm³/mol. The van der Waals surface area contributed by atoms with Crippen LogP contribution in [0.15, 0.2) is 47.4 Å². The molecule has 1 heterocycles. The number of nitrogens with zero attached hydrogens (tertiary/aromatic N) is 1. The van der Waals surface area contributed by atoms with Crippen molar-refractivity contribution in [1.29, 1.82) is 0 Å². The van der Waals surface area contributed by atoms with Crippen LogP contribution in [-0.4, -0.2) is 38.5 Å². The first kappa shape index (κ1) is 18.6. The zero-order chi connectivity index (χ0) is 18.7. The van der Waals surface area contributed by atoms with Gasteiger partial charge >= 0.3 is 0 Å². The molecule has 140 valence electrons. The van der Waals surface area contributed by atoms with Crippen LogP contribution in [0.2, 0.25) is 0 Å². The standard InChI is InChI=1S/C18H19F2NO4S/c1-2-9-21(26(22,23)18-8-7-13(19)10-15(18)20)11-14-12-24-16-5-3-4-6-17(16)25-14/h3-8,10,14H,2,9,11-12H2,1H3. The number of hydrogen-bond donors (Lipinski definition) is 0. The van der Waals surface area contributed by atoms with Crippen LogP contribution < -0.4 is 9.47 Å². The van der Waals surface area contributed by atoms with Crippen molar-refractivity contribution in [3.8, 4) is 11.5 Å². The van der Waals surface area contributed by atoms with E-state index in [9.17, 15) is 17.2 Å². The smallest absolute Gasteiger partial charge is 0.246 e. The number of ether oxygens (including phenoxy) is 2. The van der Waals surface area contributed by atoms with Crippen molar-refractivity contribution < 1.29 is 26.7 Å². The summed E-state index contributed by atoms with van der Waals surface area (Å²) in [5, 5.41) is 0. The quantitative estimate of drug-likeness (QED) is 0.769. The highest BCUT2D eigenvalue weighted by Crippen LogP contribution is 2.31. The first-order chi connectivity index (χ1) is 12.4. The lowest BCUT2D eigenvalue weighted by atomic mass is 10.2. The lowest BCUT2D eigenvalue weighted by Crippen LogP contribution is -2.44. The van der Waals surface area contributed by atoms with Gasteiger partial charge in [-0.25, -0.2) is 17.2 Å². The topological polar surface area (TPSA) is 55.8 Å². The van der Waals surface area contributed by atoms with Gasteiger partial charge in [0.15, 0.2) is 11.5 Å². The molecule has 1 aliphatic rings. The molecule has 3 rings (SSSR count). The maximum Gasteiger partial charge on any atom is 0.246 e. The van der Waals surface area contributed by atoms with Crippen molar-refractivity contribution in [2.75, 3.05) is 19.7 Å². The van der Waals surface area contributed by atoms with E-state index in [1.165, 1.54) is 0 Å². The number of hydrogen-bond acceptors (Lipinski definition) is 4. The monoisotopic (exact) mass is 383 g/mol. The van der Waals surface area contributed by atoms with E-state index in [1.807, 2.05) is 13.0 Å². The molecular formula is C18H19F2NO4S. The molecule has 2 aromatic rings. The second kappa shape index (κ2) is 7.59. The molecule has 0 bridgehead atoms. The average Bonchev–Trinajstić information content (AvgIpc) is 2.61. The summed E-state index contributed by atoms with van der Waals surface area (Å²) in [5.41, 5.74) is 0. The first-order valence-corrected chi connectivity index (χ1v) is 9.69. The Balaban J connectivity index is 1.83. The zero-order valence-corrected chi connectivity index (χ0v) is 15.0. The summed E-state index contributed by atoms with van der Waals surface area (Å²) in [6, 6.07) is 9.53. The highest BCUT2D eigenvalue weighted by molar-refractivity contribution is 7.89. The van der Waals surface area contributed by atoms with Crippen LogP contribution >= 0.6 is 0 Å². The molecule has 1 atom stereocenters. The molecule has 8 heteroatoms. The third-order valence-corrected chi connectivity index (χ3v) is 5.86. The maximum atomic E-state index is 14.0. The van der Waals surface area contributed by atoms with Crippen LogP contribution in [0.1, 0.15) is 13.3 Å². The molecule has 0 aliphatic carbocycles. The van der Waals surface area contributed by atoms with Gasteiger partial charge in [-0.3, -0.25) is 0 Å². The van der Waals surface area contributed by atoms with Crippen LogP contribution in [0.5, 0.6) is 11.5 Å². The summed E-state index contributed by atoms with van der Waals surface area (Å²) in [7, 11) is -4.13. The van der Waals surface area contributed by atoms with Gasteiger partial charge < -0.3 is 9.47 Å². The van der Waals surface area contributed by atoms with Gasteiger partial charge in [0.2, 0.25) is 10.0 Å². The van der Waals surface area contributed by atoms with E-state index in [2.05, 4.69) is 0 Å². The van der Waals surface area contributed by atoms with Crippen LogP contribution in [0, 0.1) is 11.6 Å². The van der Waals surface area contributed by atoms with Gasteiger partial charge in [0.25, 0.3) is 0 Å². The maximum absolute atomic E-state index is 14.0. The first-order valence-electron chi connectivity index (χ1n) is 8.25. The van der Waals surface area contributed by atoms with E-state index in [0.717, 1.165) is 16.4 Å². The summed E-state index contributed by atoms with van der Waals surface area (Å²) in [5.74, 6) is -0.815. The van der Waals surface area contributed by atoms with Gasteiger partial charge in [0, 0.05) is 12.6 Å². The normalized spacial score (nSPS) is 16.7. The molecule has 0 saturated heterocycles. The van der Waals surface area contributed by atoms with E-state index in [4.69, 9.17) is 9.47 Å². The molecule has 0 radical (unpaired) electrons. The minimum absolute atomic E-state index is 0.00131. The molecule has 0 spiro atoms. The van der Waals surface area contributed by atoms with Crippen LogP contribution in [0.3, 0.4) is 0 Å². The molecule has 0 fully saturated rings. The molecule has 1 aliphatic heterocycles. The van der Waals surface area contributed by atoms with Crippen molar-refractivity contribution in [1.82, 2.24) is 4.31 Å². The molecule has 26 heavy (non-hydrogen) atoms. The number of sulfonamides is 1. The highest BCUT2D eigenvalue weighted by Gasteiger charge is 2.31. The van der Waals surface area contributed by atoms with E-state index in [-0.39, 0.29) is 19.7 Å². The molecule has 5 nitrogen and oxygen atoms in total. The fourth-order valence-electron chi connectivity index (χ4n) is 2.76. The summed E-state index contributed by atoms with van der Waals surface area (Å²) in [4.78, 5) is -0.551. The van der Waals surface area contributed by atoms with Crippen LogP contribution in [0.25, 0.3) is 0 Å². The van der Waals surface area contributed by atoms with E-state index >= 15 is 0 Å². The summed E-state index contributed by atoms with van der Waals surface area (Å²) in [6.07, 6.45) is 0.00128. The van der Waals surface area contributed by atoms with Crippen molar-refractivity contribution >= 4 is 10.0 Å². The third kappa shape index (κ3) is 3.81. The highest BCUT2D eigenvalue weighted by atomic mass is 32.2. The molecule has 0 saturated carbocycles. The molecule has 1 unspecified atom stereocenters. The summed E-state index contributed by atoms with van der Waals surface area (Å²) in [6.45, 7) is 2.18. The van der Waals surface area contributed by atoms with Crippen molar-refractivity contribution in [2.45, 2.75) is 24.3 Å². The van der Waals surface area contributed by atoms with Gasteiger partial charge in [-0.15, -0.1) is 0 Å². The molecule has 0 amide bonds. The van der Waals surface area contributed by atoms with Gasteiger partial charge in [-0.2, -0.15) is 4.31 Å².